The van der Waals surface area contributed by atoms with E-state index in [2.05, 4.69) is 16.3 Å². The Balaban J connectivity index is 2.23. The molecule has 1 aliphatic rings. The van der Waals surface area contributed by atoms with Gasteiger partial charge in [-0.1, -0.05) is 6.07 Å². The smallest absolute Gasteiger partial charge is 0.0992 e. The normalized spacial score (nSPS) is 20.2. The fourth-order valence-electron chi connectivity index (χ4n) is 2.44. The van der Waals surface area contributed by atoms with Crippen LogP contribution < -0.4 is 10.2 Å². The number of anilines is 1. The third-order valence-corrected chi connectivity index (χ3v) is 3.34. The van der Waals surface area contributed by atoms with Crippen molar-refractivity contribution < 1.29 is 5.11 Å². The van der Waals surface area contributed by atoms with Gasteiger partial charge in [0.25, 0.3) is 0 Å². The summed E-state index contributed by atoms with van der Waals surface area (Å²) >= 11 is 0. The second-order valence-electron chi connectivity index (χ2n) is 4.58. The number of nitrogens with one attached hydrogen (secondary N) is 1. The zero-order chi connectivity index (χ0) is 12.8. The maximum atomic E-state index is 9.17. The Kier molecular flexibility index (Phi) is 4.57. The van der Waals surface area contributed by atoms with E-state index >= 15 is 0 Å². The zero-order valence-corrected chi connectivity index (χ0v) is 10.5. The lowest BCUT2D eigenvalue weighted by Gasteiger charge is -2.31. The van der Waals surface area contributed by atoms with Gasteiger partial charge < -0.3 is 15.3 Å². The minimum atomic E-state index is 0.195. The van der Waals surface area contributed by atoms with Crippen molar-refractivity contribution in [3.63, 3.8) is 0 Å². The third kappa shape index (κ3) is 3.00. The van der Waals surface area contributed by atoms with Crippen LogP contribution in [-0.2, 0) is 0 Å². The van der Waals surface area contributed by atoms with Gasteiger partial charge in [-0.15, -0.1) is 0 Å². The van der Waals surface area contributed by atoms with Crippen molar-refractivity contribution in [2.45, 2.75) is 18.9 Å². The van der Waals surface area contributed by atoms with Crippen molar-refractivity contribution in [2.24, 2.45) is 0 Å². The molecular formula is C14H19N3O. The molecule has 96 valence electrons. The van der Waals surface area contributed by atoms with Crippen LogP contribution in [0, 0.1) is 11.3 Å². The summed E-state index contributed by atoms with van der Waals surface area (Å²) in [6.07, 6.45) is 1.84. The van der Waals surface area contributed by atoms with Crippen LogP contribution in [0.1, 0.15) is 18.4 Å². The summed E-state index contributed by atoms with van der Waals surface area (Å²) in [5, 5.41) is 21.5. The number of aliphatic hydroxyl groups is 1. The molecule has 1 saturated heterocycles. The zero-order valence-electron chi connectivity index (χ0n) is 10.5. The Bertz CT molecular complexity index is 427. The van der Waals surface area contributed by atoms with Crippen LogP contribution in [0.2, 0.25) is 0 Å². The summed E-state index contributed by atoms with van der Waals surface area (Å²) in [4.78, 5) is 2.30. The van der Waals surface area contributed by atoms with Crippen molar-refractivity contribution in [3.05, 3.63) is 29.8 Å². The highest BCUT2D eigenvalue weighted by Gasteiger charge is 2.20. The van der Waals surface area contributed by atoms with Crippen LogP contribution in [-0.4, -0.2) is 37.4 Å². The Morgan fingerprint density at radius 2 is 2.39 bits per heavy atom. The standard InChI is InChI=1S/C14H19N3O/c15-10-12-3-1-4-13(9-12)17-7-2-6-16-11-14(17)5-8-18/h1,3-4,9,14,16,18H,2,5-8,11H2. The fraction of sp³-hybridized carbons (Fsp3) is 0.500. The van der Waals surface area contributed by atoms with Crippen molar-refractivity contribution in [3.8, 4) is 6.07 Å². The van der Waals surface area contributed by atoms with Gasteiger partial charge in [0.1, 0.15) is 0 Å². The molecule has 0 radical (unpaired) electrons. The highest BCUT2D eigenvalue weighted by atomic mass is 16.3. The van der Waals surface area contributed by atoms with E-state index in [0.717, 1.165) is 38.2 Å². The van der Waals surface area contributed by atoms with Crippen LogP contribution in [0.25, 0.3) is 0 Å². The highest BCUT2D eigenvalue weighted by Crippen LogP contribution is 2.21. The predicted octanol–water partition coefficient (Wildman–Crippen LogP) is 1.11. The van der Waals surface area contributed by atoms with E-state index in [4.69, 9.17) is 10.4 Å². The molecule has 1 fully saturated rings. The second-order valence-corrected chi connectivity index (χ2v) is 4.58. The van der Waals surface area contributed by atoms with Crippen LogP contribution >= 0.6 is 0 Å². The first-order chi connectivity index (χ1) is 8.85. The van der Waals surface area contributed by atoms with Gasteiger partial charge in [0, 0.05) is 31.4 Å². The minimum Gasteiger partial charge on any atom is -0.396 e. The molecule has 4 nitrogen and oxygen atoms in total. The van der Waals surface area contributed by atoms with Crippen molar-refractivity contribution in [2.75, 3.05) is 31.1 Å². The molecule has 1 heterocycles. The van der Waals surface area contributed by atoms with Gasteiger partial charge in [-0.25, -0.2) is 0 Å². The molecule has 1 unspecified atom stereocenters. The second kappa shape index (κ2) is 6.39. The third-order valence-electron chi connectivity index (χ3n) is 3.34. The summed E-state index contributed by atoms with van der Waals surface area (Å²) < 4.78 is 0. The summed E-state index contributed by atoms with van der Waals surface area (Å²) in [6, 6.07) is 10.2. The van der Waals surface area contributed by atoms with E-state index in [1.54, 1.807) is 0 Å². The van der Waals surface area contributed by atoms with E-state index in [9.17, 15) is 0 Å². The van der Waals surface area contributed by atoms with Crippen LogP contribution in [0.3, 0.4) is 0 Å². The first-order valence-electron chi connectivity index (χ1n) is 6.43. The number of hydrogen-bond acceptors (Lipinski definition) is 4. The summed E-state index contributed by atoms with van der Waals surface area (Å²) in [5.41, 5.74) is 1.77. The highest BCUT2D eigenvalue weighted by molar-refractivity contribution is 5.52. The van der Waals surface area contributed by atoms with Crippen molar-refractivity contribution in [1.82, 2.24) is 5.32 Å². The van der Waals surface area contributed by atoms with Crippen LogP contribution in [0.5, 0.6) is 0 Å². The first kappa shape index (κ1) is 12.9. The fourth-order valence-corrected chi connectivity index (χ4v) is 2.44. The molecular weight excluding hydrogens is 226 g/mol. The van der Waals surface area contributed by atoms with Gasteiger partial charge in [0.2, 0.25) is 0 Å². The number of nitrogens with zero attached hydrogens (tertiary/aromatic N) is 2. The Morgan fingerprint density at radius 1 is 1.50 bits per heavy atom. The lowest BCUT2D eigenvalue weighted by atomic mass is 10.1. The number of nitriles is 1. The molecule has 1 atom stereocenters. The van der Waals surface area contributed by atoms with Gasteiger partial charge in [-0.05, 0) is 37.6 Å². The monoisotopic (exact) mass is 245 g/mol. The molecule has 1 aromatic rings. The van der Waals surface area contributed by atoms with Crippen LogP contribution in [0.15, 0.2) is 24.3 Å². The van der Waals surface area contributed by atoms with E-state index < -0.39 is 0 Å². The minimum absolute atomic E-state index is 0.195. The summed E-state index contributed by atoms with van der Waals surface area (Å²) in [6.45, 7) is 3.06. The Hall–Kier alpha value is -1.57. The molecule has 1 aliphatic heterocycles. The summed E-state index contributed by atoms with van der Waals surface area (Å²) in [7, 11) is 0. The molecule has 0 amide bonds. The number of hydrogen-bond donors (Lipinski definition) is 2. The van der Waals surface area contributed by atoms with Crippen LogP contribution in [0.4, 0.5) is 5.69 Å². The van der Waals surface area contributed by atoms with Gasteiger partial charge in [-0.3, -0.25) is 0 Å². The number of aliphatic hydroxyl groups excluding tert-OH is 1. The van der Waals surface area contributed by atoms with Gasteiger partial charge >= 0.3 is 0 Å². The quantitative estimate of drug-likeness (QED) is 0.837. The van der Waals surface area contributed by atoms with E-state index in [1.807, 2.05) is 24.3 Å². The maximum absolute atomic E-state index is 9.17. The van der Waals surface area contributed by atoms with E-state index in [1.165, 1.54) is 0 Å². The molecule has 4 heteroatoms. The molecule has 0 saturated carbocycles. The average Bonchev–Trinajstić information content (AvgIpc) is 2.65. The lowest BCUT2D eigenvalue weighted by molar-refractivity contribution is 0.273. The van der Waals surface area contributed by atoms with Gasteiger partial charge in [0.15, 0.2) is 0 Å². The number of rotatable bonds is 3. The topological polar surface area (TPSA) is 59.3 Å². The maximum Gasteiger partial charge on any atom is 0.0992 e. The predicted molar refractivity (Wildman–Crippen MR) is 71.5 cm³/mol. The SMILES string of the molecule is N#Cc1cccc(N2CCCNCC2CCO)c1. The molecule has 0 spiro atoms. The summed E-state index contributed by atoms with van der Waals surface area (Å²) in [5.74, 6) is 0. The van der Waals surface area contributed by atoms with Crippen molar-refractivity contribution >= 4 is 5.69 Å². The molecule has 0 aliphatic carbocycles. The molecule has 1 aromatic carbocycles. The molecule has 18 heavy (non-hydrogen) atoms. The Morgan fingerprint density at radius 3 is 3.17 bits per heavy atom. The molecule has 0 aromatic heterocycles. The van der Waals surface area contributed by atoms with E-state index in [0.29, 0.717) is 11.6 Å². The van der Waals surface area contributed by atoms with Crippen molar-refractivity contribution in [1.29, 1.82) is 5.26 Å². The molecule has 2 rings (SSSR count). The molecule has 2 N–H and O–H groups in total. The molecule has 0 bridgehead atoms. The largest absolute Gasteiger partial charge is 0.396 e. The van der Waals surface area contributed by atoms with Gasteiger partial charge in [0.05, 0.1) is 11.6 Å². The average molecular weight is 245 g/mol. The van der Waals surface area contributed by atoms with Gasteiger partial charge in [-0.2, -0.15) is 5.26 Å². The van der Waals surface area contributed by atoms with E-state index in [-0.39, 0.29) is 6.61 Å². The first-order valence-corrected chi connectivity index (χ1v) is 6.43. The number of benzene rings is 1. The lowest BCUT2D eigenvalue weighted by Crippen LogP contribution is -2.40. The Labute approximate surface area is 108 Å².